The Morgan fingerprint density at radius 3 is 2.81 bits per heavy atom. The van der Waals surface area contributed by atoms with Crippen LogP contribution < -0.4 is 5.32 Å². The Morgan fingerprint density at radius 2 is 2.04 bits per heavy atom. The van der Waals surface area contributed by atoms with Crippen LogP contribution in [0.2, 0.25) is 0 Å². The number of hydrogen-bond acceptors (Lipinski definition) is 5. The number of aromatic nitrogens is 2. The van der Waals surface area contributed by atoms with Gasteiger partial charge in [-0.05, 0) is 49.4 Å². The molecule has 0 bridgehead atoms. The molecular formula is C17H18N4O3S2. The minimum Gasteiger partial charge on any atom is -0.321 e. The second-order valence-electron chi connectivity index (χ2n) is 6.26. The van der Waals surface area contributed by atoms with Crippen LogP contribution in [0.25, 0.3) is 10.9 Å². The zero-order chi connectivity index (χ0) is 18.3. The van der Waals surface area contributed by atoms with Crippen LogP contribution in [0.3, 0.4) is 0 Å². The lowest BCUT2D eigenvalue weighted by Gasteiger charge is -2.15. The number of aryl methyl sites for hydroxylation is 1. The van der Waals surface area contributed by atoms with Crippen LogP contribution in [0.1, 0.15) is 28.2 Å². The number of carbonyl (C=O) groups excluding carboxylic acids is 1. The third-order valence-corrected chi connectivity index (χ3v) is 7.51. The zero-order valence-electron chi connectivity index (χ0n) is 14.2. The molecule has 7 nitrogen and oxygen atoms in total. The Kier molecular flexibility index (Phi) is 4.29. The molecule has 1 aliphatic heterocycles. The molecule has 0 radical (unpaired) electrons. The van der Waals surface area contributed by atoms with Gasteiger partial charge in [0.15, 0.2) is 0 Å². The Bertz CT molecular complexity index is 1080. The molecule has 0 atom stereocenters. The first kappa shape index (κ1) is 17.2. The molecule has 1 amide bonds. The predicted octanol–water partition coefficient (Wildman–Crippen LogP) is 2.97. The third-order valence-electron chi connectivity index (χ3n) is 4.52. The Labute approximate surface area is 155 Å². The highest BCUT2D eigenvalue weighted by Crippen LogP contribution is 2.29. The van der Waals surface area contributed by atoms with E-state index in [1.807, 2.05) is 13.0 Å². The molecule has 1 aromatic carbocycles. The summed E-state index contributed by atoms with van der Waals surface area (Å²) in [6, 6.07) is 6.93. The van der Waals surface area contributed by atoms with Crippen LogP contribution in [-0.4, -0.2) is 41.9 Å². The molecule has 4 rings (SSSR count). The summed E-state index contributed by atoms with van der Waals surface area (Å²) in [5.74, 6) is -0.427. The van der Waals surface area contributed by atoms with Crippen molar-refractivity contribution in [3.8, 4) is 0 Å². The lowest BCUT2D eigenvalue weighted by atomic mass is 10.2. The lowest BCUT2D eigenvalue weighted by Crippen LogP contribution is -2.29. The molecule has 3 heterocycles. The molecule has 0 saturated carbocycles. The van der Waals surface area contributed by atoms with E-state index in [2.05, 4.69) is 15.5 Å². The first-order valence-corrected chi connectivity index (χ1v) is 10.6. The van der Waals surface area contributed by atoms with Gasteiger partial charge in [-0.1, -0.05) is 0 Å². The topological polar surface area (TPSA) is 95.2 Å². The van der Waals surface area contributed by atoms with Gasteiger partial charge in [-0.2, -0.15) is 9.40 Å². The number of benzene rings is 1. The van der Waals surface area contributed by atoms with Crippen molar-refractivity contribution in [2.45, 2.75) is 24.7 Å². The van der Waals surface area contributed by atoms with Gasteiger partial charge in [-0.3, -0.25) is 9.89 Å². The van der Waals surface area contributed by atoms with Crippen molar-refractivity contribution in [1.29, 1.82) is 0 Å². The first-order chi connectivity index (χ1) is 12.5. The zero-order valence-corrected chi connectivity index (χ0v) is 15.8. The van der Waals surface area contributed by atoms with E-state index in [1.54, 1.807) is 17.5 Å². The van der Waals surface area contributed by atoms with Crippen LogP contribution in [0, 0.1) is 6.92 Å². The molecule has 136 valence electrons. The van der Waals surface area contributed by atoms with E-state index in [-0.39, 0.29) is 9.77 Å². The molecule has 2 N–H and O–H groups in total. The fourth-order valence-corrected chi connectivity index (χ4v) is 5.96. The number of rotatable bonds is 4. The normalized spacial score (nSPS) is 15.6. The van der Waals surface area contributed by atoms with E-state index in [9.17, 15) is 13.2 Å². The van der Waals surface area contributed by atoms with Crippen molar-refractivity contribution in [2.24, 2.45) is 0 Å². The van der Waals surface area contributed by atoms with Crippen LogP contribution in [0.5, 0.6) is 0 Å². The van der Waals surface area contributed by atoms with Crippen LogP contribution >= 0.6 is 11.3 Å². The maximum atomic E-state index is 12.8. The van der Waals surface area contributed by atoms with Gasteiger partial charge in [0.1, 0.15) is 9.77 Å². The van der Waals surface area contributed by atoms with E-state index in [1.165, 1.54) is 10.4 Å². The van der Waals surface area contributed by atoms with E-state index in [0.717, 1.165) is 40.8 Å². The van der Waals surface area contributed by atoms with Gasteiger partial charge < -0.3 is 5.32 Å². The fourth-order valence-electron chi connectivity index (χ4n) is 3.14. The Balaban J connectivity index is 1.61. The molecule has 0 spiro atoms. The number of amides is 1. The maximum absolute atomic E-state index is 12.8. The molecule has 1 saturated heterocycles. The molecule has 9 heteroatoms. The van der Waals surface area contributed by atoms with Crippen molar-refractivity contribution in [2.75, 3.05) is 18.4 Å². The van der Waals surface area contributed by atoms with Crippen molar-refractivity contribution < 1.29 is 13.2 Å². The van der Waals surface area contributed by atoms with Gasteiger partial charge in [-0.25, -0.2) is 8.42 Å². The second-order valence-corrected chi connectivity index (χ2v) is 9.08. The number of nitrogens with one attached hydrogen (secondary N) is 2. The number of carbonyl (C=O) groups is 1. The fraction of sp³-hybridized carbons (Fsp3) is 0.294. The van der Waals surface area contributed by atoms with Gasteiger partial charge in [0.05, 0.1) is 5.52 Å². The molecule has 26 heavy (non-hydrogen) atoms. The van der Waals surface area contributed by atoms with Gasteiger partial charge in [0.25, 0.3) is 5.91 Å². The van der Waals surface area contributed by atoms with E-state index < -0.39 is 15.9 Å². The standard InChI is InChI=1S/C17H18N4O3S2/c1-11-13-5-4-12(10-14(13)20-19-11)18-17(22)16-15(6-9-25-16)26(23,24)21-7-2-3-8-21/h4-6,9-10H,2-3,7-8H2,1H3,(H,18,22)(H,19,20). The monoisotopic (exact) mass is 390 g/mol. The van der Waals surface area contributed by atoms with Crippen molar-refractivity contribution in [3.63, 3.8) is 0 Å². The van der Waals surface area contributed by atoms with Crippen molar-refractivity contribution >= 4 is 43.9 Å². The Morgan fingerprint density at radius 1 is 1.27 bits per heavy atom. The quantitative estimate of drug-likeness (QED) is 0.716. The first-order valence-electron chi connectivity index (χ1n) is 8.30. The molecule has 0 unspecified atom stereocenters. The number of sulfonamides is 1. The predicted molar refractivity (Wildman–Crippen MR) is 101 cm³/mol. The van der Waals surface area contributed by atoms with E-state index >= 15 is 0 Å². The average molecular weight is 390 g/mol. The summed E-state index contributed by atoms with van der Waals surface area (Å²) in [6.07, 6.45) is 1.71. The number of hydrogen-bond donors (Lipinski definition) is 2. The molecular weight excluding hydrogens is 372 g/mol. The Hall–Kier alpha value is -2.23. The highest BCUT2D eigenvalue weighted by Gasteiger charge is 2.31. The highest BCUT2D eigenvalue weighted by atomic mass is 32.2. The van der Waals surface area contributed by atoms with Crippen molar-refractivity contribution in [1.82, 2.24) is 14.5 Å². The third kappa shape index (κ3) is 2.91. The number of aromatic amines is 1. The number of anilines is 1. The van der Waals surface area contributed by atoms with Crippen LogP contribution in [0.15, 0.2) is 34.5 Å². The summed E-state index contributed by atoms with van der Waals surface area (Å²) in [4.78, 5) is 13.0. The maximum Gasteiger partial charge on any atom is 0.267 e. The van der Waals surface area contributed by atoms with Gasteiger partial charge >= 0.3 is 0 Å². The minimum absolute atomic E-state index is 0.0820. The average Bonchev–Trinajstić information content (AvgIpc) is 3.36. The number of fused-ring (bicyclic) bond motifs is 1. The van der Waals surface area contributed by atoms with E-state index in [4.69, 9.17) is 0 Å². The molecule has 3 aromatic rings. The van der Waals surface area contributed by atoms with Gasteiger partial charge in [-0.15, -0.1) is 11.3 Å². The summed E-state index contributed by atoms with van der Waals surface area (Å²) in [6.45, 7) is 2.94. The lowest BCUT2D eigenvalue weighted by molar-refractivity contribution is 0.102. The summed E-state index contributed by atoms with van der Waals surface area (Å²) < 4.78 is 27.0. The summed E-state index contributed by atoms with van der Waals surface area (Å²) in [5, 5.41) is 12.5. The summed E-state index contributed by atoms with van der Waals surface area (Å²) in [7, 11) is -3.63. The van der Waals surface area contributed by atoms with Crippen molar-refractivity contribution in [3.05, 3.63) is 40.2 Å². The number of thiophene rings is 1. The van der Waals surface area contributed by atoms with Crippen LogP contribution in [0.4, 0.5) is 5.69 Å². The largest absolute Gasteiger partial charge is 0.321 e. The molecule has 2 aromatic heterocycles. The summed E-state index contributed by atoms with van der Waals surface area (Å²) in [5.41, 5.74) is 2.28. The molecule has 0 aliphatic carbocycles. The highest BCUT2D eigenvalue weighted by molar-refractivity contribution is 7.89. The summed E-state index contributed by atoms with van der Waals surface area (Å²) >= 11 is 1.13. The second kappa shape index (κ2) is 6.49. The van der Waals surface area contributed by atoms with Gasteiger partial charge in [0.2, 0.25) is 10.0 Å². The van der Waals surface area contributed by atoms with Crippen LogP contribution in [-0.2, 0) is 10.0 Å². The smallest absolute Gasteiger partial charge is 0.267 e. The SMILES string of the molecule is Cc1[nH]nc2cc(NC(=O)c3sccc3S(=O)(=O)N3CCCC3)ccc12. The number of nitrogens with zero attached hydrogens (tertiary/aromatic N) is 2. The minimum atomic E-state index is -3.63. The number of H-pyrrole nitrogens is 1. The molecule has 1 aliphatic rings. The van der Waals surface area contributed by atoms with E-state index in [0.29, 0.717) is 18.8 Å². The molecule has 1 fully saturated rings. The van der Waals surface area contributed by atoms with Gasteiger partial charge in [0, 0.05) is 29.9 Å².